The van der Waals surface area contributed by atoms with E-state index in [9.17, 15) is 12.8 Å². The lowest BCUT2D eigenvalue weighted by atomic mass is 10.2. The maximum Gasteiger partial charge on any atom is 0.238 e. The van der Waals surface area contributed by atoms with Crippen LogP contribution in [0.25, 0.3) is 0 Å². The third kappa shape index (κ3) is 3.06. The number of rotatable bonds is 3. The topological polar surface area (TPSA) is 98.2 Å². The molecule has 0 aliphatic carbocycles. The summed E-state index contributed by atoms with van der Waals surface area (Å²) < 4.78 is 35.8. The molecule has 0 saturated carbocycles. The SMILES string of the molecule is Cc1ccc(Nc2ccc(S(N)(=O)=O)cc2N)cc1F. The molecule has 0 amide bonds. The number of hydrogen-bond donors (Lipinski definition) is 3. The molecule has 0 saturated heterocycles. The van der Waals surface area contributed by atoms with E-state index in [-0.39, 0.29) is 16.4 Å². The highest BCUT2D eigenvalue weighted by Gasteiger charge is 2.10. The Morgan fingerprint density at radius 3 is 2.40 bits per heavy atom. The van der Waals surface area contributed by atoms with Gasteiger partial charge in [-0.1, -0.05) is 6.07 Å². The molecule has 5 N–H and O–H groups in total. The lowest BCUT2D eigenvalue weighted by Gasteiger charge is -2.11. The molecule has 2 aromatic rings. The number of benzene rings is 2. The number of nitrogen functional groups attached to an aromatic ring is 1. The Morgan fingerprint density at radius 2 is 1.85 bits per heavy atom. The van der Waals surface area contributed by atoms with Gasteiger partial charge < -0.3 is 11.1 Å². The standard InChI is InChI=1S/C13H14FN3O2S/c1-8-2-3-9(6-11(8)14)17-13-5-4-10(7-12(13)15)20(16,18)19/h2-7,17H,15H2,1H3,(H2,16,18,19). The van der Waals surface area contributed by atoms with E-state index in [0.717, 1.165) is 0 Å². The van der Waals surface area contributed by atoms with Crippen LogP contribution in [-0.4, -0.2) is 8.42 Å². The largest absolute Gasteiger partial charge is 0.397 e. The second-order valence-electron chi connectivity index (χ2n) is 4.38. The fourth-order valence-electron chi connectivity index (χ4n) is 1.66. The van der Waals surface area contributed by atoms with Crippen LogP contribution >= 0.6 is 0 Å². The Kier molecular flexibility index (Phi) is 3.65. The van der Waals surface area contributed by atoms with E-state index in [1.807, 2.05) is 0 Å². The zero-order valence-corrected chi connectivity index (χ0v) is 11.5. The summed E-state index contributed by atoms with van der Waals surface area (Å²) in [6.45, 7) is 1.66. The number of aryl methyl sites for hydroxylation is 1. The van der Waals surface area contributed by atoms with Gasteiger partial charge in [0.1, 0.15) is 5.82 Å². The van der Waals surface area contributed by atoms with Gasteiger partial charge >= 0.3 is 0 Å². The molecule has 106 valence electrons. The molecule has 2 rings (SSSR count). The molecule has 2 aromatic carbocycles. The molecule has 7 heteroatoms. The van der Waals surface area contributed by atoms with Crippen molar-refractivity contribution in [2.75, 3.05) is 11.1 Å². The first-order chi connectivity index (χ1) is 9.27. The molecule has 0 heterocycles. The minimum atomic E-state index is -3.80. The number of nitrogens with two attached hydrogens (primary N) is 2. The molecule has 5 nitrogen and oxygen atoms in total. The third-order valence-electron chi connectivity index (χ3n) is 2.80. The summed E-state index contributed by atoms with van der Waals surface area (Å²) in [6, 6.07) is 8.73. The predicted octanol–water partition coefficient (Wildman–Crippen LogP) is 2.11. The highest BCUT2D eigenvalue weighted by Crippen LogP contribution is 2.26. The van der Waals surface area contributed by atoms with E-state index >= 15 is 0 Å². The molecule has 0 radical (unpaired) electrons. The molecule has 0 aromatic heterocycles. The number of primary sulfonamides is 1. The van der Waals surface area contributed by atoms with Crippen molar-refractivity contribution < 1.29 is 12.8 Å². The molecule has 0 bridgehead atoms. The first-order valence-electron chi connectivity index (χ1n) is 5.73. The van der Waals surface area contributed by atoms with E-state index in [1.165, 1.54) is 24.3 Å². The first kappa shape index (κ1) is 14.3. The van der Waals surface area contributed by atoms with Crippen molar-refractivity contribution in [1.82, 2.24) is 0 Å². The molecule has 0 aliphatic heterocycles. The number of anilines is 3. The molecular weight excluding hydrogens is 281 g/mol. The van der Waals surface area contributed by atoms with E-state index in [2.05, 4.69) is 5.32 Å². The van der Waals surface area contributed by atoms with Crippen LogP contribution in [-0.2, 0) is 10.0 Å². The van der Waals surface area contributed by atoms with Crippen LogP contribution in [0, 0.1) is 12.7 Å². The van der Waals surface area contributed by atoms with Crippen molar-refractivity contribution >= 4 is 27.1 Å². The zero-order valence-electron chi connectivity index (χ0n) is 10.7. The highest BCUT2D eigenvalue weighted by atomic mass is 32.2. The van der Waals surface area contributed by atoms with Gasteiger partial charge in [0.05, 0.1) is 16.3 Å². The second kappa shape index (κ2) is 5.10. The van der Waals surface area contributed by atoms with Gasteiger partial charge in [0.25, 0.3) is 0 Å². The van der Waals surface area contributed by atoms with E-state index < -0.39 is 10.0 Å². The van der Waals surface area contributed by atoms with Crippen molar-refractivity contribution in [2.24, 2.45) is 5.14 Å². The normalized spacial score (nSPS) is 11.3. The molecule has 20 heavy (non-hydrogen) atoms. The van der Waals surface area contributed by atoms with Crippen LogP contribution in [0.3, 0.4) is 0 Å². The van der Waals surface area contributed by atoms with Gasteiger partial charge in [0.15, 0.2) is 0 Å². The average molecular weight is 295 g/mol. The fourth-order valence-corrected chi connectivity index (χ4v) is 2.21. The van der Waals surface area contributed by atoms with Crippen LogP contribution in [0.15, 0.2) is 41.3 Å². The minimum absolute atomic E-state index is 0.0735. The van der Waals surface area contributed by atoms with Crippen molar-refractivity contribution in [1.29, 1.82) is 0 Å². The lowest BCUT2D eigenvalue weighted by molar-refractivity contribution is 0.598. The Hall–Kier alpha value is -2.12. The predicted molar refractivity (Wildman–Crippen MR) is 76.6 cm³/mol. The maximum absolute atomic E-state index is 13.4. The van der Waals surface area contributed by atoms with E-state index in [1.54, 1.807) is 19.1 Å². The van der Waals surface area contributed by atoms with Crippen LogP contribution in [0.5, 0.6) is 0 Å². The van der Waals surface area contributed by atoms with Crippen LogP contribution in [0.2, 0.25) is 0 Å². The third-order valence-corrected chi connectivity index (χ3v) is 3.71. The summed E-state index contributed by atoms with van der Waals surface area (Å²) in [5, 5.41) is 7.93. The summed E-state index contributed by atoms with van der Waals surface area (Å²) in [5.41, 5.74) is 7.49. The van der Waals surface area contributed by atoms with Crippen molar-refractivity contribution in [2.45, 2.75) is 11.8 Å². The molecular formula is C13H14FN3O2S. The van der Waals surface area contributed by atoms with Gasteiger partial charge in [0.2, 0.25) is 10.0 Å². The maximum atomic E-state index is 13.4. The fraction of sp³-hybridized carbons (Fsp3) is 0.0769. The van der Waals surface area contributed by atoms with Crippen LogP contribution < -0.4 is 16.2 Å². The number of hydrogen-bond acceptors (Lipinski definition) is 4. The molecule has 0 unspecified atom stereocenters. The summed E-state index contributed by atoms with van der Waals surface area (Å²) in [6.07, 6.45) is 0. The van der Waals surface area contributed by atoms with Gasteiger partial charge in [-0.05, 0) is 42.8 Å². The van der Waals surface area contributed by atoms with Crippen LogP contribution in [0.1, 0.15) is 5.56 Å². The highest BCUT2D eigenvalue weighted by molar-refractivity contribution is 7.89. The molecule has 0 atom stereocenters. The van der Waals surface area contributed by atoms with Crippen LogP contribution in [0.4, 0.5) is 21.5 Å². The second-order valence-corrected chi connectivity index (χ2v) is 5.94. The summed E-state index contributed by atoms with van der Waals surface area (Å²) in [5.74, 6) is -0.338. The van der Waals surface area contributed by atoms with Crippen molar-refractivity contribution in [3.63, 3.8) is 0 Å². The van der Waals surface area contributed by atoms with Gasteiger partial charge in [-0.25, -0.2) is 17.9 Å². The number of sulfonamides is 1. The summed E-state index contributed by atoms with van der Waals surface area (Å²) in [7, 11) is -3.80. The minimum Gasteiger partial charge on any atom is -0.397 e. The zero-order chi connectivity index (χ0) is 14.9. The Labute approximate surface area is 116 Å². The Bertz CT molecular complexity index is 760. The van der Waals surface area contributed by atoms with Crippen molar-refractivity contribution in [3.8, 4) is 0 Å². The van der Waals surface area contributed by atoms with Crippen molar-refractivity contribution in [3.05, 3.63) is 47.8 Å². The quantitative estimate of drug-likeness (QED) is 0.755. The number of nitrogens with one attached hydrogen (secondary N) is 1. The lowest BCUT2D eigenvalue weighted by Crippen LogP contribution is -2.12. The van der Waals surface area contributed by atoms with Gasteiger partial charge in [-0.2, -0.15) is 0 Å². The molecule has 0 fully saturated rings. The van der Waals surface area contributed by atoms with Gasteiger partial charge in [-0.15, -0.1) is 0 Å². The average Bonchev–Trinajstić information content (AvgIpc) is 2.35. The summed E-state index contributed by atoms with van der Waals surface area (Å²) in [4.78, 5) is -0.0735. The molecule has 0 spiro atoms. The van der Waals surface area contributed by atoms with E-state index in [0.29, 0.717) is 16.9 Å². The number of halogens is 1. The van der Waals surface area contributed by atoms with E-state index in [4.69, 9.17) is 10.9 Å². The monoisotopic (exact) mass is 295 g/mol. The first-order valence-corrected chi connectivity index (χ1v) is 7.27. The Morgan fingerprint density at radius 1 is 1.15 bits per heavy atom. The molecule has 0 aliphatic rings. The van der Waals surface area contributed by atoms with Gasteiger partial charge in [-0.3, -0.25) is 0 Å². The smallest absolute Gasteiger partial charge is 0.238 e. The summed E-state index contributed by atoms with van der Waals surface area (Å²) >= 11 is 0. The Balaban J connectivity index is 2.32. The van der Waals surface area contributed by atoms with Gasteiger partial charge in [0, 0.05) is 5.69 Å².